The average molecular weight is 409 g/mol. The van der Waals surface area contributed by atoms with Crippen LogP contribution in [0.25, 0.3) is 0 Å². The molecule has 2 saturated heterocycles. The summed E-state index contributed by atoms with van der Waals surface area (Å²) in [6.45, 7) is 6.95. The zero-order valence-electron chi connectivity index (χ0n) is 18.0. The van der Waals surface area contributed by atoms with Crippen LogP contribution in [0.2, 0.25) is 0 Å². The summed E-state index contributed by atoms with van der Waals surface area (Å²) in [4.78, 5) is 12.4. The summed E-state index contributed by atoms with van der Waals surface area (Å²) < 4.78 is 29.8. The number of esters is 1. The highest BCUT2D eigenvalue weighted by Crippen LogP contribution is 2.54. The van der Waals surface area contributed by atoms with E-state index in [0.717, 1.165) is 30.1 Å². The fourth-order valence-electron chi connectivity index (χ4n) is 6.47. The first-order valence-electron chi connectivity index (χ1n) is 11.6. The minimum atomic E-state index is -0.487. The van der Waals surface area contributed by atoms with E-state index in [4.69, 9.17) is 23.7 Å². The topological polar surface area (TPSA) is 63.2 Å². The molecule has 2 heterocycles. The van der Waals surface area contributed by atoms with Gasteiger partial charge in [-0.15, -0.1) is 0 Å². The van der Waals surface area contributed by atoms with Gasteiger partial charge in [0, 0.05) is 0 Å². The molecule has 4 atom stereocenters. The molecule has 6 heteroatoms. The van der Waals surface area contributed by atoms with Crippen LogP contribution in [0.1, 0.15) is 59.3 Å². The summed E-state index contributed by atoms with van der Waals surface area (Å²) in [6.07, 6.45) is 7.03. The lowest BCUT2D eigenvalue weighted by Gasteiger charge is -2.53. The third-order valence-electron chi connectivity index (χ3n) is 8.34. The molecule has 6 aliphatic rings. The molecule has 29 heavy (non-hydrogen) atoms. The van der Waals surface area contributed by atoms with E-state index < -0.39 is 5.41 Å². The Morgan fingerprint density at radius 3 is 2.10 bits per heavy atom. The summed E-state index contributed by atoms with van der Waals surface area (Å²) in [7, 11) is 0. The Morgan fingerprint density at radius 2 is 1.48 bits per heavy atom. The molecule has 0 amide bonds. The molecule has 6 rings (SSSR count). The monoisotopic (exact) mass is 408 g/mol. The van der Waals surface area contributed by atoms with Gasteiger partial charge in [-0.05, 0) is 76.0 Å². The fourth-order valence-corrected chi connectivity index (χ4v) is 6.47. The van der Waals surface area contributed by atoms with Crippen molar-refractivity contribution in [2.45, 2.75) is 89.8 Å². The standard InChI is InChI=1S/C23H36O6/c1-4-23(2,3)22(24)29-18-11-26-20-17(10-25-21(18)20)27-12-28-19-15-6-13-5-14(8-15)9-16(19)7-13/h13-21H,4-12H2,1-3H3. The number of ether oxygens (including phenoxy) is 5. The second kappa shape index (κ2) is 7.77. The van der Waals surface area contributed by atoms with Crippen molar-refractivity contribution >= 4 is 5.97 Å². The van der Waals surface area contributed by atoms with Crippen LogP contribution < -0.4 is 0 Å². The number of fused-ring (bicyclic) bond motifs is 1. The highest BCUT2D eigenvalue weighted by Gasteiger charge is 2.52. The maximum Gasteiger partial charge on any atom is 0.311 e. The van der Waals surface area contributed by atoms with Crippen molar-refractivity contribution < 1.29 is 28.5 Å². The predicted molar refractivity (Wildman–Crippen MR) is 105 cm³/mol. The van der Waals surface area contributed by atoms with Crippen LogP contribution in [0.15, 0.2) is 0 Å². The Kier molecular flexibility index (Phi) is 5.42. The molecule has 164 valence electrons. The van der Waals surface area contributed by atoms with E-state index in [9.17, 15) is 4.79 Å². The van der Waals surface area contributed by atoms with Gasteiger partial charge in [0.1, 0.15) is 25.1 Å². The van der Waals surface area contributed by atoms with Crippen molar-refractivity contribution in [3.8, 4) is 0 Å². The summed E-state index contributed by atoms with van der Waals surface area (Å²) >= 11 is 0. The van der Waals surface area contributed by atoms with Gasteiger partial charge in [-0.2, -0.15) is 0 Å². The van der Waals surface area contributed by atoms with Gasteiger partial charge in [-0.25, -0.2) is 0 Å². The van der Waals surface area contributed by atoms with Crippen LogP contribution >= 0.6 is 0 Å². The van der Waals surface area contributed by atoms with Crippen molar-refractivity contribution in [1.29, 1.82) is 0 Å². The summed E-state index contributed by atoms with van der Waals surface area (Å²) in [5.41, 5.74) is -0.487. The van der Waals surface area contributed by atoms with Gasteiger partial charge in [0.15, 0.2) is 6.10 Å². The van der Waals surface area contributed by atoms with Gasteiger partial charge in [0.2, 0.25) is 0 Å². The lowest BCUT2D eigenvalue weighted by Crippen LogP contribution is -2.49. The molecule has 0 radical (unpaired) electrons. The van der Waals surface area contributed by atoms with Crippen LogP contribution in [-0.4, -0.2) is 56.5 Å². The number of carbonyl (C=O) groups is 1. The Balaban J connectivity index is 1.10. The number of rotatable bonds is 7. The zero-order chi connectivity index (χ0) is 20.2. The molecule has 4 aliphatic carbocycles. The van der Waals surface area contributed by atoms with E-state index in [2.05, 4.69) is 0 Å². The number of hydrogen-bond acceptors (Lipinski definition) is 6. The minimum absolute atomic E-state index is 0.153. The number of hydrogen-bond donors (Lipinski definition) is 0. The van der Waals surface area contributed by atoms with Crippen LogP contribution in [0, 0.1) is 29.1 Å². The molecule has 4 saturated carbocycles. The zero-order valence-corrected chi connectivity index (χ0v) is 18.0. The van der Waals surface area contributed by atoms with Crippen LogP contribution in [-0.2, 0) is 28.5 Å². The molecule has 0 aromatic carbocycles. The maximum absolute atomic E-state index is 12.4. The Labute approximate surface area is 173 Å². The van der Waals surface area contributed by atoms with Gasteiger partial charge in [0.05, 0.1) is 24.7 Å². The van der Waals surface area contributed by atoms with Crippen molar-refractivity contribution in [3.05, 3.63) is 0 Å². The molecule has 4 unspecified atom stereocenters. The number of carbonyl (C=O) groups excluding carboxylic acids is 1. The van der Waals surface area contributed by atoms with Gasteiger partial charge in [-0.1, -0.05) is 6.92 Å². The van der Waals surface area contributed by atoms with Crippen molar-refractivity contribution in [2.24, 2.45) is 29.1 Å². The van der Waals surface area contributed by atoms with Gasteiger partial charge in [-0.3, -0.25) is 4.79 Å². The van der Waals surface area contributed by atoms with E-state index in [1.807, 2.05) is 20.8 Å². The molecule has 6 nitrogen and oxygen atoms in total. The van der Waals surface area contributed by atoms with Crippen LogP contribution in [0.4, 0.5) is 0 Å². The first-order chi connectivity index (χ1) is 13.9. The molecule has 2 aliphatic heterocycles. The lowest BCUT2D eigenvalue weighted by atomic mass is 9.55. The molecule has 0 aromatic rings. The van der Waals surface area contributed by atoms with E-state index >= 15 is 0 Å². The molecular weight excluding hydrogens is 372 g/mol. The SMILES string of the molecule is CCC(C)(C)C(=O)OC1COC2C(OCOC3C4CC5CC(C4)CC3C5)COC12. The Hall–Kier alpha value is -0.690. The highest BCUT2D eigenvalue weighted by molar-refractivity contribution is 5.76. The Bertz CT molecular complexity index is 590. The summed E-state index contributed by atoms with van der Waals surface area (Å²) in [5, 5.41) is 0. The highest BCUT2D eigenvalue weighted by atomic mass is 16.7. The smallest absolute Gasteiger partial charge is 0.311 e. The molecule has 0 aromatic heterocycles. The van der Waals surface area contributed by atoms with Crippen molar-refractivity contribution in [2.75, 3.05) is 20.0 Å². The fraction of sp³-hybridized carbons (Fsp3) is 0.957. The second-order valence-electron chi connectivity index (χ2n) is 10.7. The molecule has 0 N–H and O–H groups in total. The molecule has 6 fully saturated rings. The predicted octanol–water partition coefficient (Wildman–Crippen LogP) is 3.32. The van der Waals surface area contributed by atoms with Crippen LogP contribution in [0.5, 0.6) is 0 Å². The first kappa shape index (κ1) is 20.2. The van der Waals surface area contributed by atoms with Crippen molar-refractivity contribution in [3.63, 3.8) is 0 Å². The van der Waals surface area contributed by atoms with E-state index in [-0.39, 0.29) is 30.4 Å². The molecular formula is C23H36O6. The normalized spacial score (nSPS) is 45.6. The van der Waals surface area contributed by atoms with Gasteiger partial charge >= 0.3 is 5.97 Å². The molecule has 0 spiro atoms. The second-order valence-corrected chi connectivity index (χ2v) is 10.7. The van der Waals surface area contributed by atoms with Gasteiger partial charge < -0.3 is 23.7 Å². The third kappa shape index (κ3) is 3.75. The lowest BCUT2D eigenvalue weighted by molar-refractivity contribution is -0.195. The van der Waals surface area contributed by atoms with Crippen molar-refractivity contribution in [1.82, 2.24) is 0 Å². The summed E-state index contributed by atoms with van der Waals surface area (Å²) in [5.74, 6) is 3.18. The van der Waals surface area contributed by atoms with Crippen LogP contribution in [0.3, 0.4) is 0 Å². The maximum atomic E-state index is 12.4. The quantitative estimate of drug-likeness (QED) is 0.476. The largest absolute Gasteiger partial charge is 0.457 e. The minimum Gasteiger partial charge on any atom is -0.457 e. The third-order valence-corrected chi connectivity index (χ3v) is 8.34. The first-order valence-corrected chi connectivity index (χ1v) is 11.6. The molecule has 4 bridgehead atoms. The average Bonchev–Trinajstić information content (AvgIpc) is 3.26. The Morgan fingerprint density at radius 1 is 0.897 bits per heavy atom. The van der Waals surface area contributed by atoms with E-state index in [0.29, 0.717) is 26.1 Å². The van der Waals surface area contributed by atoms with E-state index in [1.54, 1.807) is 0 Å². The van der Waals surface area contributed by atoms with E-state index in [1.165, 1.54) is 32.1 Å². The summed E-state index contributed by atoms with van der Waals surface area (Å²) in [6, 6.07) is 0. The van der Waals surface area contributed by atoms with Gasteiger partial charge in [0.25, 0.3) is 0 Å².